The van der Waals surface area contributed by atoms with Crippen molar-refractivity contribution in [3.05, 3.63) is 29.6 Å². The number of benzene rings is 1. The molecule has 82 valence electrons. The summed E-state index contributed by atoms with van der Waals surface area (Å²) in [5, 5.41) is 14.7. The van der Waals surface area contributed by atoms with Crippen LogP contribution in [0.4, 0.5) is 4.39 Å². The van der Waals surface area contributed by atoms with E-state index in [0.717, 1.165) is 18.2 Å². The molecule has 0 aliphatic carbocycles. The van der Waals surface area contributed by atoms with Crippen LogP contribution in [0.15, 0.2) is 18.2 Å². The Morgan fingerprint density at radius 2 is 2.20 bits per heavy atom. The Morgan fingerprint density at radius 3 is 2.87 bits per heavy atom. The van der Waals surface area contributed by atoms with Crippen LogP contribution in [0.5, 0.6) is 5.75 Å². The van der Waals surface area contributed by atoms with Crippen molar-refractivity contribution in [2.75, 3.05) is 20.1 Å². The van der Waals surface area contributed by atoms with E-state index < -0.39 is 11.7 Å². The monoisotopic (exact) mass is 212 g/mol. The quantitative estimate of drug-likeness (QED) is 0.636. The SMILES string of the molecule is CNCCNC(=O)c1cc(F)ccc1O. The van der Waals surface area contributed by atoms with E-state index in [-0.39, 0.29) is 11.3 Å². The van der Waals surface area contributed by atoms with Gasteiger partial charge in [-0.3, -0.25) is 4.79 Å². The highest BCUT2D eigenvalue weighted by molar-refractivity contribution is 5.96. The fraction of sp³-hybridized carbons (Fsp3) is 0.300. The Bertz CT molecular complexity index is 355. The molecule has 0 saturated carbocycles. The standard InChI is InChI=1S/C10H13FN2O2/c1-12-4-5-13-10(15)8-6-7(11)2-3-9(8)14/h2-3,6,12,14H,4-5H2,1H3,(H,13,15). The lowest BCUT2D eigenvalue weighted by molar-refractivity contribution is 0.0951. The van der Waals surface area contributed by atoms with Crippen LogP contribution in [0.3, 0.4) is 0 Å². The third-order valence-corrected chi connectivity index (χ3v) is 1.86. The third kappa shape index (κ3) is 3.21. The maximum Gasteiger partial charge on any atom is 0.255 e. The number of halogens is 1. The first kappa shape index (κ1) is 11.5. The second kappa shape index (κ2) is 5.31. The smallest absolute Gasteiger partial charge is 0.255 e. The summed E-state index contributed by atoms with van der Waals surface area (Å²) >= 11 is 0. The van der Waals surface area contributed by atoms with Gasteiger partial charge in [0.05, 0.1) is 5.56 Å². The number of nitrogens with one attached hydrogen (secondary N) is 2. The largest absolute Gasteiger partial charge is 0.507 e. The Labute approximate surface area is 87.1 Å². The van der Waals surface area contributed by atoms with Crippen LogP contribution >= 0.6 is 0 Å². The molecule has 1 amide bonds. The average molecular weight is 212 g/mol. The summed E-state index contributed by atoms with van der Waals surface area (Å²) in [6.07, 6.45) is 0. The normalized spacial score (nSPS) is 10.0. The summed E-state index contributed by atoms with van der Waals surface area (Å²) in [5.41, 5.74) is -0.0499. The number of hydrogen-bond donors (Lipinski definition) is 3. The van der Waals surface area contributed by atoms with E-state index in [1.807, 2.05) is 0 Å². The van der Waals surface area contributed by atoms with E-state index in [1.54, 1.807) is 7.05 Å². The summed E-state index contributed by atoms with van der Waals surface area (Å²) in [7, 11) is 1.76. The van der Waals surface area contributed by atoms with Crippen LogP contribution in [-0.2, 0) is 0 Å². The van der Waals surface area contributed by atoms with E-state index in [4.69, 9.17) is 0 Å². The lowest BCUT2D eigenvalue weighted by Gasteiger charge is -2.06. The second-order valence-corrected chi connectivity index (χ2v) is 3.02. The van der Waals surface area contributed by atoms with Crippen LogP contribution in [0, 0.1) is 5.82 Å². The highest BCUT2D eigenvalue weighted by Crippen LogP contribution is 2.17. The Hall–Kier alpha value is -1.62. The van der Waals surface area contributed by atoms with Gasteiger partial charge in [0.1, 0.15) is 11.6 Å². The zero-order valence-corrected chi connectivity index (χ0v) is 8.38. The molecular weight excluding hydrogens is 199 g/mol. The first-order valence-electron chi connectivity index (χ1n) is 4.56. The summed E-state index contributed by atoms with van der Waals surface area (Å²) in [5.74, 6) is -1.26. The average Bonchev–Trinajstić information content (AvgIpc) is 2.22. The maximum atomic E-state index is 12.8. The van der Waals surface area contributed by atoms with Crippen molar-refractivity contribution in [2.24, 2.45) is 0 Å². The van der Waals surface area contributed by atoms with Crippen LogP contribution in [0.25, 0.3) is 0 Å². The second-order valence-electron chi connectivity index (χ2n) is 3.02. The number of carbonyl (C=O) groups is 1. The number of likely N-dealkylation sites (N-methyl/N-ethyl adjacent to an activating group) is 1. The van der Waals surface area contributed by atoms with Crippen molar-refractivity contribution in [1.82, 2.24) is 10.6 Å². The fourth-order valence-corrected chi connectivity index (χ4v) is 1.09. The Kier molecular flexibility index (Phi) is 4.05. The molecule has 0 aliphatic rings. The van der Waals surface area contributed by atoms with Gasteiger partial charge in [0.25, 0.3) is 5.91 Å². The highest BCUT2D eigenvalue weighted by atomic mass is 19.1. The van der Waals surface area contributed by atoms with Crippen LogP contribution in [0.1, 0.15) is 10.4 Å². The van der Waals surface area contributed by atoms with Gasteiger partial charge in [-0.2, -0.15) is 0 Å². The molecule has 0 radical (unpaired) electrons. The zero-order valence-electron chi connectivity index (χ0n) is 8.38. The van der Waals surface area contributed by atoms with Gasteiger partial charge in [0.2, 0.25) is 0 Å². The van der Waals surface area contributed by atoms with Gasteiger partial charge in [-0.05, 0) is 25.2 Å². The molecule has 0 aliphatic heterocycles. The number of hydrogen-bond acceptors (Lipinski definition) is 3. The lowest BCUT2D eigenvalue weighted by atomic mass is 10.2. The molecule has 3 N–H and O–H groups in total. The fourth-order valence-electron chi connectivity index (χ4n) is 1.09. The van der Waals surface area contributed by atoms with E-state index in [0.29, 0.717) is 13.1 Å². The van der Waals surface area contributed by atoms with Crippen molar-refractivity contribution in [1.29, 1.82) is 0 Å². The molecule has 0 unspecified atom stereocenters. The molecule has 1 aromatic rings. The summed E-state index contributed by atoms with van der Waals surface area (Å²) in [6, 6.07) is 3.26. The van der Waals surface area contributed by atoms with Gasteiger partial charge in [-0.15, -0.1) is 0 Å². The Balaban J connectivity index is 2.68. The van der Waals surface area contributed by atoms with E-state index >= 15 is 0 Å². The predicted molar refractivity (Wildman–Crippen MR) is 54.3 cm³/mol. The third-order valence-electron chi connectivity index (χ3n) is 1.86. The minimum Gasteiger partial charge on any atom is -0.507 e. The summed E-state index contributed by atoms with van der Waals surface area (Å²) in [6.45, 7) is 1.03. The van der Waals surface area contributed by atoms with E-state index in [9.17, 15) is 14.3 Å². The minimum atomic E-state index is -0.549. The van der Waals surface area contributed by atoms with Gasteiger partial charge < -0.3 is 15.7 Å². The van der Waals surface area contributed by atoms with E-state index in [2.05, 4.69) is 10.6 Å². The van der Waals surface area contributed by atoms with Crippen molar-refractivity contribution in [2.45, 2.75) is 0 Å². The number of carbonyl (C=O) groups excluding carboxylic acids is 1. The predicted octanol–water partition coefficient (Wildman–Crippen LogP) is 0.480. The molecule has 4 nitrogen and oxygen atoms in total. The minimum absolute atomic E-state index is 0.0499. The first-order valence-corrected chi connectivity index (χ1v) is 4.56. The van der Waals surface area contributed by atoms with Crippen LogP contribution in [0.2, 0.25) is 0 Å². The van der Waals surface area contributed by atoms with Crippen LogP contribution in [-0.4, -0.2) is 31.2 Å². The van der Waals surface area contributed by atoms with Crippen LogP contribution < -0.4 is 10.6 Å². The number of amides is 1. The molecule has 0 heterocycles. The highest BCUT2D eigenvalue weighted by Gasteiger charge is 2.10. The van der Waals surface area contributed by atoms with Gasteiger partial charge in [0, 0.05) is 13.1 Å². The number of aromatic hydroxyl groups is 1. The van der Waals surface area contributed by atoms with Crippen molar-refractivity contribution < 1.29 is 14.3 Å². The molecule has 15 heavy (non-hydrogen) atoms. The van der Waals surface area contributed by atoms with Gasteiger partial charge >= 0.3 is 0 Å². The molecule has 0 bridgehead atoms. The number of phenolic OH excluding ortho intramolecular Hbond substituents is 1. The molecule has 1 rings (SSSR count). The molecule has 0 fully saturated rings. The number of rotatable bonds is 4. The number of phenols is 1. The van der Waals surface area contributed by atoms with Gasteiger partial charge in [-0.25, -0.2) is 4.39 Å². The zero-order chi connectivity index (χ0) is 11.3. The van der Waals surface area contributed by atoms with Crippen molar-refractivity contribution in [3.63, 3.8) is 0 Å². The van der Waals surface area contributed by atoms with E-state index in [1.165, 1.54) is 0 Å². The molecule has 0 saturated heterocycles. The molecule has 0 spiro atoms. The molecule has 5 heteroatoms. The Morgan fingerprint density at radius 1 is 1.47 bits per heavy atom. The first-order chi connectivity index (χ1) is 7.15. The summed E-state index contributed by atoms with van der Waals surface area (Å²) in [4.78, 5) is 11.4. The topological polar surface area (TPSA) is 61.4 Å². The summed E-state index contributed by atoms with van der Waals surface area (Å²) < 4.78 is 12.8. The van der Waals surface area contributed by atoms with Gasteiger partial charge in [-0.1, -0.05) is 0 Å². The molecule has 0 aromatic heterocycles. The maximum absolute atomic E-state index is 12.8. The lowest BCUT2D eigenvalue weighted by Crippen LogP contribution is -2.30. The molecular formula is C10H13FN2O2. The molecule has 0 atom stereocenters. The van der Waals surface area contributed by atoms with Crippen molar-refractivity contribution >= 4 is 5.91 Å². The van der Waals surface area contributed by atoms with Crippen molar-refractivity contribution in [3.8, 4) is 5.75 Å². The molecule has 1 aromatic carbocycles. The van der Waals surface area contributed by atoms with Gasteiger partial charge in [0.15, 0.2) is 0 Å².